The number of hydrogen-bond donors (Lipinski definition) is 2. The molecule has 2 N–H and O–H groups in total. The van der Waals surface area contributed by atoms with E-state index in [1.165, 1.54) is 11.1 Å². The van der Waals surface area contributed by atoms with Gasteiger partial charge < -0.3 is 10.6 Å². The summed E-state index contributed by atoms with van der Waals surface area (Å²) in [5.74, 6) is 0.0628. The molecule has 2 rings (SSSR count). The third-order valence-corrected chi connectivity index (χ3v) is 4.33. The normalized spacial score (nSPS) is 11.2. The molecular weight excluding hydrogens is 332 g/mol. The molecule has 2 aromatic carbocycles. The zero-order valence-corrected chi connectivity index (χ0v) is 16.0. The van der Waals surface area contributed by atoms with Crippen molar-refractivity contribution in [1.29, 1.82) is 0 Å². The molecule has 1 amide bonds. The molecule has 0 fully saturated rings. The zero-order chi connectivity index (χ0) is 18.3. The van der Waals surface area contributed by atoms with E-state index >= 15 is 0 Å². The molecule has 134 valence electrons. The van der Waals surface area contributed by atoms with Gasteiger partial charge in [0.2, 0.25) is 5.91 Å². The second-order valence-electron chi connectivity index (χ2n) is 7.23. The molecule has 0 saturated heterocycles. The molecule has 3 nitrogen and oxygen atoms in total. The molecule has 0 unspecified atom stereocenters. The molecule has 0 atom stereocenters. The van der Waals surface area contributed by atoms with Crippen LogP contribution >= 0.6 is 11.6 Å². The first-order valence-corrected chi connectivity index (χ1v) is 9.08. The van der Waals surface area contributed by atoms with Crippen LogP contribution in [0.15, 0.2) is 48.5 Å². The molecule has 0 aliphatic rings. The van der Waals surface area contributed by atoms with Crippen LogP contribution in [0.1, 0.15) is 38.3 Å². The van der Waals surface area contributed by atoms with Crippen LogP contribution < -0.4 is 10.6 Å². The summed E-state index contributed by atoms with van der Waals surface area (Å²) >= 11 is 5.86. The lowest BCUT2D eigenvalue weighted by molar-refractivity contribution is -0.120. The van der Waals surface area contributed by atoms with Gasteiger partial charge in [-0.05, 0) is 47.2 Å². The van der Waals surface area contributed by atoms with Crippen LogP contribution in [0.4, 0.5) is 5.69 Å². The maximum absolute atomic E-state index is 11.9. The highest BCUT2D eigenvalue weighted by Gasteiger charge is 2.12. The lowest BCUT2D eigenvalue weighted by Crippen LogP contribution is -2.27. The van der Waals surface area contributed by atoms with E-state index in [-0.39, 0.29) is 11.3 Å². The number of hydrogen-bond acceptors (Lipinski definition) is 2. The zero-order valence-electron chi connectivity index (χ0n) is 15.2. The number of anilines is 1. The summed E-state index contributed by atoms with van der Waals surface area (Å²) in [5.41, 5.74) is 3.67. The van der Waals surface area contributed by atoms with E-state index in [0.717, 1.165) is 17.1 Å². The number of amides is 1. The highest BCUT2D eigenvalue weighted by molar-refractivity contribution is 6.30. The predicted octanol–water partition coefficient (Wildman–Crippen LogP) is 4.80. The van der Waals surface area contributed by atoms with Crippen LogP contribution in [-0.4, -0.2) is 19.0 Å². The van der Waals surface area contributed by atoms with Crippen molar-refractivity contribution >= 4 is 23.2 Å². The van der Waals surface area contributed by atoms with Crippen molar-refractivity contribution in [2.75, 3.05) is 18.4 Å². The molecule has 0 saturated carbocycles. The van der Waals surface area contributed by atoms with Crippen LogP contribution in [-0.2, 0) is 16.6 Å². The smallest absolute Gasteiger partial charge is 0.221 e. The lowest BCUT2D eigenvalue weighted by Gasteiger charge is -2.19. The van der Waals surface area contributed by atoms with E-state index < -0.39 is 0 Å². The number of carbonyl (C=O) groups excluding carboxylic acids is 1. The second-order valence-corrected chi connectivity index (χ2v) is 7.67. The fourth-order valence-electron chi connectivity index (χ4n) is 2.49. The van der Waals surface area contributed by atoms with Crippen molar-refractivity contribution < 1.29 is 4.79 Å². The van der Waals surface area contributed by atoms with E-state index in [4.69, 9.17) is 11.6 Å². The molecule has 0 radical (unpaired) electrons. The first kappa shape index (κ1) is 19.3. The minimum atomic E-state index is 0.0628. The summed E-state index contributed by atoms with van der Waals surface area (Å²) in [6, 6.07) is 16.1. The largest absolute Gasteiger partial charge is 0.385 e. The topological polar surface area (TPSA) is 41.1 Å². The minimum absolute atomic E-state index is 0.0628. The van der Waals surface area contributed by atoms with Crippen LogP contribution in [0.5, 0.6) is 0 Å². The van der Waals surface area contributed by atoms with E-state index in [0.29, 0.717) is 19.5 Å². The van der Waals surface area contributed by atoms with Crippen LogP contribution in [0, 0.1) is 0 Å². The van der Waals surface area contributed by atoms with Crippen molar-refractivity contribution in [3.05, 3.63) is 64.7 Å². The van der Waals surface area contributed by atoms with Crippen molar-refractivity contribution in [1.82, 2.24) is 5.32 Å². The van der Waals surface area contributed by atoms with Gasteiger partial charge >= 0.3 is 0 Å². The first-order valence-electron chi connectivity index (χ1n) is 8.70. The van der Waals surface area contributed by atoms with Gasteiger partial charge in [-0.3, -0.25) is 4.79 Å². The average Bonchev–Trinajstić information content (AvgIpc) is 2.56. The lowest BCUT2D eigenvalue weighted by atomic mass is 9.87. The fraction of sp³-hybridized carbons (Fsp3) is 0.381. The Morgan fingerprint density at radius 2 is 1.60 bits per heavy atom. The Kier molecular flexibility index (Phi) is 6.89. The number of nitrogens with one attached hydrogen (secondary N) is 2. The van der Waals surface area contributed by atoms with Gasteiger partial charge in [0.05, 0.1) is 0 Å². The van der Waals surface area contributed by atoms with Crippen LogP contribution in [0.2, 0.25) is 5.02 Å². The summed E-state index contributed by atoms with van der Waals surface area (Å²) in [7, 11) is 0. The fourth-order valence-corrected chi connectivity index (χ4v) is 2.62. The Balaban J connectivity index is 1.65. The van der Waals surface area contributed by atoms with Gasteiger partial charge in [-0.2, -0.15) is 0 Å². The molecular formula is C21H27ClN2O. The summed E-state index contributed by atoms with van der Waals surface area (Å²) in [6.07, 6.45) is 1.27. The van der Waals surface area contributed by atoms with Crippen molar-refractivity contribution in [2.24, 2.45) is 0 Å². The highest BCUT2D eigenvalue weighted by atomic mass is 35.5. The third-order valence-electron chi connectivity index (χ3n) is 4.08. The van der Waals surface area contributed by atoms with Crippen LogP contribution in [0.3, 0.4) is 0 Å². The Hall–Kier alpha value is -2.00. The SMILES string of the molecule is CC(C)(C)c1ccc(NCCC(=O)NCCc2ccc(Cl)cc2)cc1. The number of rotatable bonds is 7. The van der Waals surface area contributed by atoms with Crippen molar-refractivity contribution in [3.8, 4) is 0 Å². The van der Waals surface area contributed by atoms with Gasteiger partial charge in [-0.15, -0.1) is 0 Å². The average molecular weight is 359 g/mol. The summed E-state index contributed by atoms with van der Waals surface area (Å²) < 4.78 is 0. The number of halogens is 1. The van der Waals surface area contributed by atoms with Gasteiger partial charge in [-0.25, -0.2) is 0 Å². The first-order chi connectivity index (χ1) is 11.8. The molecule has 0 spiro atoms. The molecule has 0 aromatic heterocycles. The molecule has 0 bridgehead atoms. The van der Waals surface area contributed by atoms with Crippen LogP contribution in [0.25, 0.3) is 0 Å². The molecule has 0 heterocycles. The van der Waals surface area contributed by atoms with Crippen molar-refractivity contribution in [2.45, 2.75) is 39.0 Å². The third kappa shape index (κ3) is 6.79. The Morgan fingerprint density at radius 1 is 0.960 bits per heavy atom. The summed E-state index contributed by atoms with van der Waals surface area (Å²) in [5, 5.41) is 6.97. The molecule has 25 heavy (non-hydrogen) atoms. The monoisotopic (exact) mass is 358 g/mol. The molecule has 4 heteroatoms. The maximum atomic E-state index is 11.9. The maximum Gasteiger partial charge on any atom is 0.221 e. The summed E-state index contributed by atoms with van der Waals surface area (Å²) in [6.45, 7) is 7.86. The standard InChI is InChI=1S/C21H27ClN2O/c1-21(2,3)17-6-10-19(11-7-17)23-15-13-20(25)24-14-12-16-4-8-18(22)9-5-16/h4-11,23H,12-15H2,1-3H3,(H,24,25). The Bertz CT molecular complexity index is 673. The van der Waals surface area contributed by atoms with E-state index in [1.54, 1.807) is 0 Å². The minimum Gasteiger partial charge on any atom is -0.385 e. The van der Waals surface area contributed by atoms with E-state index in [9.17, 15) is 4.79 Å². The highest BCUT2D eigenvalue weighted by Crippen LogP contribution is 2.23. The predicted molar refractivity (Wildman–Crippen MR) is 106 cm³/mol. The van der Waals surface area contributed by atoms with Gasteiger partial charge in [0.25, 0.3) is 0 Å². The Morgan fingerprint density at radius 3 is 2.20 bits per heavy atom. The molecule has 0 aliphatic heterocycles. The summed E-state index contributed by atoms with van der Waals surface area (Å²) in [4.78, 5) is 11.9. The van der Waals surface area contributed by atoms with E-state index in [1.807, 2.05) is 24.3 Å². The van der Waals surface area contributed by atoms with Gasteiger partial charge in [0, 0.05) is 30.2 Å². The van der Waals surface area contributed by atoms with Gasteiger partial charge in [0.1, 0.15) is 0 Å². The van der Waals surface area contributed by atoms with E-state index in [2.05, 4.69) is 55.7 Å². The Labute approximate surface area is 155 Å². The van der Waals surface area contributed by atoms with Gasteiger partial charge in [0.15, 0.2) is 0 Å². The van der Waals surface area contributed by atoms with Crippen molar-refractivity contribution in [3.63, 3.8) is 0 Å². The number of benzene rings is 2. The quantitative estimate of drug-likeness (QED) is 0.746. The van der Waals surface area contributed by atoms with Gasteiger partial charge in [-0.1, -0.05) is 56.6 Å². The molecule has 0 aliphatic carbocycles. The number of carbonyl (C=O) groups is 1. The molecule has 2 aromatic rings. The second kappa shape index (κ2) is 8.91.